The molecule has 2 heterocycles. The Bertz CT molecular complexity index is 1140. The number of hydrogen-bond acceptors (Lipinski definition) is 3. The minimum Gasteiger partial charge on any atom is -0.345 e. The number of fused-ring (bicyclic) bond motifs is 1. The molecular weight excluding hydrogens is 353 g/mol. The number of nitrogens with zero attached hydrogens (tertiary/aromatic N) is 2. The minimum atomic E-state index is -0.468. The summed E-state index contributed by atoms with van der Waals surface area (Å²) in [5.41, 5.74) is 3.23. The summed E-state index contributed by atoms with van der Waals surface area (Å²) in [5.74, 6) is -0.614. The zero-order chi connectivity index (χ0) is 19.5. The van der Waals surface area contributed by atoms with Crippen LogP contribution in [0.5, 0.6) is 0 Å². The van der Waals surface area contributed by atoms with Crippen molar-refractivity contribution < 1.29 is 9.18 Å². The van der Waals surface area contributed by atoms with E-state index < -0.39 is 6.04 Å². The van der Waals surface area contributed by atoms with E-state index in [4.69, 9.17) is 0 Å². The highest BCUT2D eigenvalue weighted by Crippen LogP contribution is 2.25. The molecule has 0 spiro atoms. The average Bonchev–Trinajstić information content (AvgIpc) is 2.73. The number of pyridine rings is 2. The standard InChI is InChI=1S/C23H18FN3O/c1-15(17-6-2-4-8-20(17)24)26-23(28)19-14-22(16-10-12-25-13-11-16)27-21-9-5-3-7-18(19)21/h2-15H,1H3,(H,26,28)/t15-/m0/s1. The van der Waals surface area contributed by atoms with Crippen molar-refractivity contribution in [1.82, 2.24) is 15.3 Å². The predicted octanol–water partition coefficient (Wildman–Crippen LogP) is 4.93. The molecule has 28 heavy (non-hydrogen) atoms. The fraction of sp³-hybridized carbons (Fsp3) is 0.0870. The number of amides is 1. The average molecular weight is 371 g/mol. The second kappa shape index (κ2) is 7.56. The first kappa shape index (κ1) is 17.8. The van der Waals surface area contributed by atoms with Gasteiger partial charge in [0.1, 0.15) is 5.82 Å². The van der Waals surface area contributed by atoms with Crippen molar-refractivity contribution in [3.05, 3.63) is 96.1 Å². The van der Waals surface area contributed by atoms with E-state index >= 15 is 0 Å². The Labute approximate surface area is 162 Å². The van der Waals surface area contributed by atoms with Crippen molar-refractivity contribution in [3.63, 3.8) is 0 Å². The van der Waals surface area contributed by atoms with Crippen LogP contribution in [0, 0.1) is 5.82 Å². The summed E-state index contributed by atoms with van der Waals surface area (Å²) in [4.78, 5) is 21.8. The Morgan fingerprint density at radius 3 is 2.50 bits per heavy atom. The summed E-state index contributed by atoms with van der Waals surface area (Å²) in [7, 11) is 0. The molecule has 138 valence electrons. The Hall–Kier alpha value is -3.60. The Balaban J connectivity index is 1.75. The summed E-state index contributed by atoms with van der Waals surface area (Å²) in [6, 6.07) is 18.9. The molecule has 1 amide bonds. The van der Waals surface area contributed by atoms with Crippen molar-refractivity contribution in [2.24, 2.45) is 0 Å². The van der Waals surface area contributed by atoms with Crippen molar-refractivity contribution in [2.75, 3.05) is 0 Å². The van der Waals surface area contributed by atoms with Crippen LogP contribution in [-0.4, -0.2) is 15.9 Å². The molecule has 4 rings (SSSR count). The first-order chi connectivity index (χ1) is 13.6. The molecule has 2 aromatic carbocycles. The lowest BCUT2D eigenvalue weighted by molar-refractivity contribution is 0.0941. The van der Waals surface area contributed by atoms with Gasteiger partial charge in [-0.15, -0.1) is 0 Å². The highest BCUT2D eigenvalue weighted by molar-refractivity contribution is 6.07. The van der Waals surface area contributed by atoms with Gasteiger partial charge in [0.15, 0.2) is 0 Å². The second-order valence-electron chi connectivity index (χ2n) is 6.52. The van der Waals surface area contributed by atoms with Crippen LogP contribution in [0.25, 0.3) is 22.2 Å². The van der Waals surface area contributed by atoms with Crippen LogP contribution in [0.1, 0.15) is 28.9 Å². The molecule has 0 bridgehead atoms. The highest BCUT2D eigenvalue weighted by Gasteiger charge is 2.18. The van der Waals surface area contributed by atoms with Crippen LogP contribution in [0.4, 0.5) is 4.39 Å². The number of carbonyl (C=O) groups is 1. The summed E-state index contributed by atoms with van der Waals surface area (Å²) >= 11 is 0. The van der Waals surface area contributed by atoms with Crippen LogP contribution in [-0.2, 0) is 0 Å². The minimum absolute atomic E-state index is 0.273. The van der Waals surface area contributed by atoms with Crippen LogP contribution < -0.4 is 5.32 Å². The van der Waals surface area contributed by atoms with E-state index in [9.17, 15) is 9.18 Å². The summed E-state index contributed by atoms with van der Waals surface area (Å²) in [6.07, 6.45) is 3.37. The van der Waals surface area contributed by atoms with E-state index in [0.29, 0.717) is 16.8 Å². The third-order valence-corrected chi connectivity index (χ3v) is 4.66. The zero-order valence-corrected chi connectivity index (χ0v) is 15.3. The molecule has 0 aliphatic heterocycles. The van der Waals surface area contributed by atoms with Crippen LogP contribution in [0.2, 0.25) is 0 Å². The quantitative estimate of drug-likeness (QED) is 0.554. The number of halogens is 1. The number of nitrogens with one attached hydrogen (secondary N) is 1. The van der Waals surface area contributed by atoms with Gasteiger partial charge in [-0.3, -0.25) is 9.78 Å². The number of hydrogen-bond donors (Lipinski definition) is 1. The maximum Gasteiger partial charge on any atom is 0.252 e. The summed E-state index contributed by atoms with van der Waals surface area (Å²) in [5, 5.41) is 3.65. The monoisotopic (exact) mass is 371 g/mol. The van der Waals surface area contributed by atoms with Crippen LogP contribution >= 0.6 is 0 Å². The van der Waals surface area contributed by atoms with Gasteiger partial charge in [-0.2, -0.15) is 0 Å². The lowest BCUT2D eigenvalue weighted by Gasteiger charge is -2.16. The predicted molar refractivity (Wildman–Crippen MR) is 107 cm³/mol. The number of aromatic nitrogens is 2. The van der Waals surface area contributed by atoms with Gasteiger partial charge in [0.25, 0.3) is 5.91 Å². The van der Waals surface area contributed by atoms with Crippen molar-refractivity contribution in [2.45, 2.75) is 13.0 Å². The fourth-order valence-electron chi connectivity index (χ4n) is 3.21. The molecule has 0 aliphatic rings. The Morgan fingerprint density at radius 1 is 1.00 bits per heavy atom. The Kier molecular flexibility index (Phi) is 4.81. The molecule has 5 heteroatoms. The van der Waals surface area contributed by atoms with Gasteiger partial charge in [0.05, 0.1) is 22.8 Å². The topological polar surface area (TPSA) is 54.9 Å². The molecule has 0 saturated carbocycles. The molecule has 0 fully saturated rings. The second-order valence-corrected chi connectivity index (χ2v) is 6.52. The molecule has 4 aromatic rings. The largest absolute Gasteiger partial charge is 0.345 e. The molecule has 1 N–H and O–H groups in total. The molecule has 0 unspecified atom stereocenters. The van der Waals surface area contributed by atoms with Crippen molar-refractivity contribution >= 4 is 16.8 Å². The first-order valence-corrected chi connectivity index (χ1v) is 8.99. The molecule has 0 saturated heterocycles. The maximum atomic E-state index is 14.1. The molecule has 1 atom stereocenters. The Morgan fingerprint density at radius 2 is 1.71 bits per heavy atom. The van der Waals surface area contributed by atoms with E-state index in [-0.39, 0.29) is 11.7 Å². The number of rotatable bonds is 4. The van der Waals surface area contributed by atoms with Crippen molar-refractivity contribution in [1.29, 1.82) is 0 Å². The molecular formula is C23H18FN3O. The van der Waals surface area contributed by atoms with Gasteiger partial charge < -0.3 is 5.32 Å². The zero-order valence-electron chi connectivity index (χ0n) is 15.3. The van der Waals surface area contributed by atoms with Crippen LogP contribution in [0.15, 0.2) is 79.1 Å². The van der Waals surface area contributed by atoms with E-state index in [2.05, 4.69) is 15.3 Å². The fourth-order valence-corrected chi connectivity index (χ4v) is 3.21. The third kappa shape index (κ3) is 3.47. The van der Waals surface area contributed by atoms with E-state index in [0.717, 1.165) is 16.5 Å². The number of para-hydroxylation sites is 1. The van der Waals surface area contributed by atoms with Gasteiger partial charge in [0.2, 0.25) is 0 Å². The number of carbonyl (C=O) groups excluding carboxylic acids is 1. The van der Waals surface area contributed by atoms with E-state index in [1.54, 1.807) is 43.6 Å². The lowest BCUT2D eigenvalue weighted by atomic mass is 10.0. The summed E-state index contributed by atoms with van der Waals surface area (Å²) < 4.78 is 14.1. The van der Waals surface area contributed by atoms with E-state index in [1.165, 1.54) is 6.07 Å². The van der Waals surface area contributed by atoms with Gasteiger partial charge in [-0.25, -0.2) is 9.37 Å². The maximum absolute atomic E-state index is 14.1. The van der Waals surface area contributed by atoms with E-state index in [1.807, 2.05) is 36.4 Å². The molecule has 2 aromatic heterocycles. The first-order valence-electron chi connectivity index (χ1n) is 8.99. The SMILES string of the molecule is C[C@H](NC(=O)c1cc(-c2ccncc2)nc2ccccc12)c1ccccc1F. The lowest BCUT2D eigenvalue weighted by Crippen LogP contribution is -2.27. The molecule has 0 radical (unpaired) electrons. The third-order valence-electron chi connectivity index (χ3n) is 4.66. The normalized spacial score (nSPS) is 11.9. The van der Waals surface area contributed by atoms with Gasteiger partial charge in [-0.05, 0) is 37.3 Å². The molecule has 0 aliphatic carbocycles. The van der Waals surface area contributed by atoms with Crippen LogP contribution in [0.3, 0.4) is 0 Å². The van der Waals surface area contributed by atoms with Gasteiger partial charge in [-0.1, -0.05) is 36.4 Å². The molecule has 4 nitrogen and oxygen atoms in total. The van der Waals surface area contributed by atoms with Crippen molar-refractivity contribution in [3.8, 4) is 11.3 Å². The van der Waals surface area contributed by atoms with Gasteiger partial charge in [0, 0.05) is 28.9 Å². The summed E-state index contributed by atoms with van der Waals surface area (Å²) in [6.45, 7) is 1.77. The van der Waals surface area contributed by atoms with Gasteiger partial charge >= 0.3 is 0 Å². The smallest absolute Gasteiger partial charge is 0.252 e. The number of benzene rings is 2. The highest BCUT2D eigenvalue weighted by atomic mass is 19.1.